The van der Waals surface area contributed by atoms with Crippen molar-refractivity contribution >= 4 is 17.2 Å². The summed E-state index contributed by atoms with van der Waals surface area (Å²) < 4.78 is 1.69. The highest BCUT2D eigenvalue weighted by molar-refractivity contribution is 7.09. The van der Waals surface area contributed by atoms with Crippen LogP contribution in [0.4, 0.5) is 0 Å². The monoisotopic (exact) mass is 320 g/mol. The number of aliphatic hydroxyl groups is 1. The van der Waals surface area contributed by atoms with Crippen molar-refractivity contribution in [1.82, 2.24) is 19.9 Å². The molecular formula is C15H20N4O2S. The molecule has 1 fully saturated rings. The molecule has 7 heteroatoms. The van der Waals surface area contributed by atoms with Gasteiger partial charge in [-0.05, 0) is 37.6 Å². The third kappa shape index (κ3) is 3.36. The summed E-state index contributed by atoms with van der Waals surface area (Å²) in [6, 6.07) is 4.14. The van der Waals surface area contributed by atoms with Gasteiger partial charge >= 0.3 is 0 Å². The molecule has 0 bridgehead atoms. The summed E-state index contributed by atoms with van der Waals surface area (Å²) in [5.41, 5.74) is 0.383. The van der Waals surface area contributed by atoms with Gasteiger partial charge in [-0.3, -0.25) is 4.79 Å². The lowest BCUT2D eigenvalue weighted by molar-refractivity contribution is 0.0676. The van der Waals surface area contributed by atoms with Gasteiger partial charge in [-0.15, -0.1) is 16.4 Å². The van der Waals surface area contributed by atoms with E-state index in [1.807, 2.05) is 22.4 Å². The Morgan fingerprint density at radius 3 is 3.18 bits per heavy atom. The van der Waals surface area contributed by atoms with Gasteiger partial charge in [-0.25, -0.2) is 4.68 Å². The minimum absolute atomic E-state index is 0.0828. The standard InChI is InChI=1S/C15H20N4O2S/c1-11(20)8-12-4-2-6-19(12)15(21)14-10-18(17-16-14)9-13-5-3-7-22-13/h3,5,7,10-12,20H,2,4,6,8-9H2,1H3. The number of aliphatic hydroxyl groups excluding tert-OH is 1. The number of hydrogen-bond acceptors (Lipinski definition) is 5. The van der Waals surface area contributed by atoms with Gasteiger partial charge < -0.3 is 10.0 Å². The summed E-state index contributed by atoms with van der Waals surface area (Å²) in [7, 11) is 0. The summed E-state index contributed by atoms with van der Waals surface area (Å²) in [5, 5.41) is 19.6. The van der Waals surface area contributed by atoms with Crippen LogP contribution < -0.4 is 0 Å². The van der Waals surface area contributed by atoms with Crippen molar-refractivity contribution < 1.29 is 9.90 Å². The minimum atomic E-state index is -0.395. The third-order valence-electron chi connectivity index (χ3n) is 3.91. The summed E-state index contributed by atoms with van der Waals surface area (Å²) in [5.74, 6) is -0.0828. The van der Waals surface area contributed by atoms with E-state index >= 15 is 0 Å². The number of carbonyl (C=O) groups excluding carboxylic acids is 1. The van der Waals surface area contributed by atoms with Crippen LogP contribution in [0.3, 0.4) is 0 Å². The van der Waals surface area contributed by atoms with E-state index in [1.54, 1.807) is 29.1 Å². The second-order valence-electron chi connectivity index (χ2n) is 5.76. The number of likely N-dealkylation sites (tertiary alicyclic amines) is 1. The van der Waals surface area contributed by atoms with Crippen LogP contribution in [0.1, 0.15) is 41.6 Å². The van der Waals surface area contributed by atoms with E-state index in [9.17, 15) is 9.90 Å². The Morgan fingerprint density at radius 1 is 1.59 bits per heavy atom. The van der Waals surface area contributed by atoms with Gasteiger partial charge in [0.2, 0.25) is 0 Å². The second-order valence-corrected chi connectivity index (χ2v) is 6.79. The molecule has 2 unspecified atom stereocenters. The maximum Gasteiger partial charge on any atom is 0.276 e. The average molecular weight is 320 g/mol. The van der Waals surface area contributed by atoms with E-state index in [0.29, 0.717) is 18.7 Å². The van der Waals surface area contributed by atoms with E-state index in [0.717, 1.165) is 19.4 Å². The number of amides is 1. The van der Waals surface area contributed by atoms with E-state index in [1.165, 1.54) is 4.88 Å². The molecule has 6 nitrogen and oxygen atoms in total. The van der Waals surface area contributed by atoms with E-state index in [-0.39, 0.29) is 11.9 Å². The lowest BCUT2D eigenvalue weighted by Crippen LogP contribution is -2.37. The normalized spacial score (nSPS) is 19.5. The molecular weight excluding hydrogens is 300 g/mol. The Hall–Kier alpha value is -1.73. The minimum Gasteiger partial charge on any atom is -0.393 e. The Morgan fingerprint density at radius 2 is 2.45 bits per heavy atom. The van der Waals surface area contributed by atoms with Crippen molar-refractivity contribution in [1.29, 1.82) is 0 Å². The summed E-state index contributed by atoms with van der Waals surface area (Å²) >= 11 is 1.66. The highest BCUT2D eigenvalue weighted by Crippen LogP contribution is 2.23. The zero-order valence-corrected chi connectivity index (χ0v) is 13.4. The van der Waals surface area contributed by atoms with Crippen molar-refractivity contribution in [2.75, 3.05) is 6.54 Å². The molecule has 3 heterocycles. The predicted molar refractivity (Wildman–Crippen MR) is 83.8 cm³/mol. The molecule has 2 atom stereocenters. The first kappa shape index (κ1) is 15.2. The highest BCUT2D eigenvalue weighted by atomic mass is 32.1. The van der Waals surface area contributed by atoms with E-state index in [2.05, 4.69) is 10.3 Å². The summed E-state index contributed by atoms with van der Waals surface area (Å²) in [6.45, 7) is 3.13. The molecule has 0 radical (unpaired) electrons. The van der Waals surface area contributed by atoms with Crippen molar-refractivity contribution in [3.8, 4) is 0 Å². The zero-order valence-electron chi connectivity index (χ0n) is 12.6. The Kier molecular flexibility index (Phi) is 4.54. The molecule has 22 heavy (non-hydrogen) atoms. The van der Waals surface area contributed by atoms with Gasteiger partial charge in [0.25, 0.3) is 5.91 Å². The van der Waals surface area contributed by atoms with Crippen LogP contribution in [0.5, 0.6) is 0 Å². The van der Waals surface area contributed by atoms with Gasteiger partial charge in [0.05, 0.1) is 18.8 Å². The van der Waals surface area contributed by atoms with Crippen LogP contribution in [0, 0.1) is 0 Å². The number of thiophene rings is 1. The molecule has 2 aromatic heterocycles. The van der Waals surface area contributed by atoms with Crippen molar-refractivity contribution in [3.63, 3.8) is 0 Å². The Bertz CT molecular complexity index is 623. The molecule has 118 valence electrons. The van der Waals surface area contributed by atoms with Crippen molar-refractivity contribution in [2.24, 2.45) is 0 Å². The molecule has 1 N–H and O–H groups in total. The summed E-state index contributed by atoms with van der Waals surface area (Å²) in [4.78, 5) is 15.6. The first-order valence-corrected chi connectivity index (χ1v) is 8.43. The van der Waals surface area contributed by atoms with Gasteiger partial charge in [-0.1, -0.05) is 11.3 Å². The first-order chi connectivity index (χ1) is 10.6. The summed E-state index contributed by atoms with van der Waals surface area (Å²) in [6.07, 6.45) is 3.86. The molecule has 0 aromatic carbocycles. The Balaban J connectivity index is 1.68. The fourth-order valence-corrected chi connectivity index (χ4v) is 3.62. The number of aromatic nitrogens is 3. The van der Waals surface area contributed by atoms with E-state index in [4.69, 9.17) is 0 Å². The van der Waals surface area contributed by atoms with Crippen LogP contribution in [0.2, 0.25) is 0 Å². The fourth-order valence-electron chi connectivity index (χ4n) is 2.92. The van der Waals surface area contributed by atoms with Crippen LogP contribution in [-0.4, -0.2) is 49.6 Å². The largest absolute Gasteiger partial charge is 0.393 e. The van der Waals surface area contributed by atoms with Crippen LogP contribution in [-0.2, 0) is 6.54 Å². The topological polar surface area (TPSA) is 71.2 Å². The quantitative estimate of drug-likeness (QED) is 0.911. The third-order valence-corrected chi connectivity index (χ3v) is 4.77. The lowest BCUT2D eigenvalue weighted by Gasteiger charge is -2.24. The SMILES string of the molecule is CC(O)CC1CCCN1C(=O)c1cn(Cc2cccs2)nn1. The highest BCUT2D eigenvalue weighted by Gasteiger charge is 2.31. The number of carbonyl (C=O) groups is 1. The van der Waals surface area contributed by atoms with Crippen molar-refractivity contribution in [2.45, 2.75) is 44.9 Å². The van der Waals surface area contributed by atoms with Crippen LogP contribution >= 0.6 is 11.3 Å². The molecule has 0 saturated carbocycles. The van der Waals surface area contributed by atoms with Crippen LogP contribution in [0.15, 0.2) is 23.7 Å². The molecule has 3 rings (SSSR count). The number of hydrogen-bond donors (Lipinski definition) is 1. The number of rotatable bonds is 5. The van der Waals surface area contributed by atoms with E-state index < -0.39 is 6.10 Å². The molecule has 1 saturated heterocycles. The van der Waals surface area contributed by atoms with Crippen LogP contribution in [0.25, 0.3) is 0 Å². The molecule has 1 aliphatic rings. The number of nitrogens with zero attached hydrogens (tertiary/aromatic N) is 4. The second kappa shape index (κ2) is 6.58. The van der Waals surface area contributed by atoms with Gasteiger partial charge in [0.15, 0.2) is 5.69 Å². The lowest BCUT2D eigenvalue weighted by atomic mass is 10.1. The maximum atomic E-state index is 12.6. The van der Waals surface area contributed by atoms with Gasteiger partial charge in [0.1, 0.15) is 0 Å². The Labute approximate surface area is 133 Å². The average Bonchev–Trinajstić information content (AvgIpc) is 3.19. The first-order valence-electron chi connectivity index (χ1n) is 7.55. The van der Waals surface area contributed by atoms with Crippen molar-refractivity contribution in [3.05, 3.63) is 34.3 Å². The molecule has 1 aliphatic heterocycles. The van der Waals surface area contributed by atoms with Gasteiger partial charge in [0, 0.05) is 17.5 Å². The fraction of sp³-hybridized carbons (Fsp3) is 0.533. The zero-order chi connectivity index (χ0) is 15.5. The molecule has 2 aromatic rings. The smallest absolute Gasteiger partial charge is 0.276 e. The molecule has 0 aliphatic carbocycles. The maximum absolute atomic E-state index is 12.6. The van der Waals surface area contributed by atoms with Gasteiger partial charge in [-0.2, -0.15) is 0 Å². The molecule has 0 spiro atoms. The predicted octanol–water partition coefficient (Wildman–Crippen LogP) is 1.76. The molecule has 1 amide bonds.